The number of aromatic nitrogens is 1. The highest BCUT2D eigenvalue weighted by atomic mass is 79.9. The summed E-state index contributed by atoms with van der Waals surface area (Å²) >= 11 is 3.48. The molecule has 0 saturated carbocycles. The molecule has 3 nitrogen and oxygen atoms in total. The van der Waals surface area contributed by atoms with E-state index in [2.05, 4.69) is 45.3 Å². The number of rotatable bonds is 6. The van der Waals surface area contributed by atoms with Crippen LogP contribution in [0, 0.1) is 13.8 Å². The van der Waals surface area contributed by atoms with Crippen molar-refractivity contribution in [2.75, 3.05) is 6.54 Å². The zero-order chi connectivity index (χ0) is 14.5. The Morgan fingerprint density at radius 1 is 1.30 bits per heavy atom. The molecule has 0 fully saturated rings. The van der Waals surface area contributed by atoms with E-state index < -0.39 is 0 Å². The molecule has 2 aromatic heterocycles. The summed E-state index contributed by atoms with van der Waals surface area (Å²) < 4.78 is 6.69. The summed E-state index contributed by atoms with van der Waals surface area (Å²) in [5.74, 6) is 1.97. The minimum absolute atomic E-state index is 0.267. The van der Waals surface area contributed by atoms with Crippen molar-refractivity contribution in [3.63, 3.8) is 0 Å². The van der Waals surface area contributed by atoms with E-state index >= 15 is 0 Å². The number of hydrogen-bond acceptors (Lipinski definition) is 3. The Hall–Kier alpha value is -1.13. The van der Waals surface area contributed by atoms with Crippen molar-refractivity contribution >= 4 is 15.9 Å². The van der Waals surface area contributed by atoms with Gasteiger partial charge in [0.25, 0.3) is 0 Å². The summed E-state index contributed by atoms with van der Waals surface area (Å²) in [6.45, 7) is 7.20. The predicted octanol–water partition coefficient (Wildman–Crippen LogP) is 4.34. The van der Waals surface area contributed by atoms with Crippen LogP contribution in [0.1, 0.15) is 42.0 Å². The summed E-state index contributed by atoms with van der Waals surface area (Å²) in [5, 5.41) is 3.60. The minimum atomic E-state index is 0.267. The SMILES string of the molecule is CCCNC(Cc1cncc(Br)c1)c1cc(C)oc1C. The van der Waals surface area contributed by atoms with Gasteiger partial charge >= 0.3 is 0 Å². The van der Waals surface area contributed by atoms with Crippen LogP contribution in [0.25, 0.3) is 0 Å². The van der Waals surface area contributed by atoms with Gasteiger partial charge in [-0.1, -0.05) is 6.92 Å². The zero-order valence-electron chi connectivity index (χ0n) is 12.2. The van der Waals surface area contributed by atoms with E-state index in [-0.39, 0.29) is 6.04 Å². The first-order valence-electron chi connectivity index (χ1n) is 7.00. The largest absolute Gasteiger partial charge is 0.466 e. The number of hydrogen-bond donors (Lipinski definition) is 1. The monoisotopic (exact) mass is 336 g/mol. The van der Waals surface area contributed by atoms with Gasteiger partial charge in [0.05, 0.1) is 0 Å². The van der Waals surface area contributed by atoms with Crippen molar-refractivity contribution < 1.29 is 4.42 Å². The van der Waals surface area contributed by atoms with E-state index in [4.69, 9.17) is 4.42 Å². The lowest BCUT2D eigenvalue weighted by atomic mass is 10.00. The molecule has 4 heteroatoms. The summed E-state index contributed by atoms with van der Waals surface area (Å²) in [5.41, 5.74) is 2.46. The normalized spacial score (nSPS) is 12.6. The fraction of sp³-hybridized carbons (Fsp3) is 0.438. The average Bonchev–Trinajstić information content (AvgIpc) is 2.73. The first-order valence-corrected chi connectivity index (χ1v) is 7.79. The maximum atomic E-state index is 5.67. The lowest BCUT2D eigenvalue weighted by molar-refractivity contribution is 0.480. The number of aryl methyl sites for hydroxylation is 2. The maximum Gasteiger partial charge on any atom is 0.105 e. The van der Waals surface area contributed by atoms with Gasteiger partial charge < -0.3 is 9.73 Å². The van der Waals surface area contributed by atoms with E-state index in [1.807, 2.05) is 26.2 Å². The molecule has 0 bridgehead atoms. The highest BCUT2D eigenvalue weighted by Crippen LogP contribution is 2.25. The van der Waals surface area contributed by atoms with Gasteiger partial charge in [-0.25, -0.2) is 0 Å². The smallest absolute Gasteiger partial charge is 0.105 e. The second kappa shape index (κ2) is 7.04. The minimum Gasteiger partial charge on any atom is -0.466 e. The molecule has 1 atom stereocenters. The van der Waals surface area contributed by atoms with Gasteiger partial charge in [-0.15, -0.1) is 0 Å². The average molecular weight is 337 g/mol. The summed E-state index contributed by atoms with van der Waals surface area (Å²) in [4.78, 5) is 4.24. The van der Waals surface area contributed by atoms with Gasteiger partial charge in [0.1, 0.15) is 11.5 Å². The van der Waals surface area contributed by atoms with Crippen LogP contribution in [0.2, 0.25) is 0 Å². The van der Waals surface area contributed by atoms with Gasteiger partial charge in [0.15, 0.2) is 0 Å². The quantitative estimate of drug-likeness (QED) is 0.852. The van der Waals surface area contributed by atoms with Crippen molar-refractivity contribution in [1.82, 2.24) is 10.3 Å². The lowest BCUT2D eigenvalue weighted by Gasteiger charge is -2.18. The number of nitrogens with zero attached hydrogens (tertiary/aromatic N) is 1. The summed E-state index contributed by atoms with van der Waals surface area (Å²) in [7, 11) is 0. The third-order valence-corrected chi connectivity index (χ3v) is 3.73. The number of pyridine rings is 1. The fourth-order valence-electron chi connectivity index (χ4n) is 2.41. The Morgan fingerprint density at radius 3 is 2.70 bits per heavy atom. The Kier molecular flexibility index (Phi) is 5.38. The van der Waals surface area contributed by atoms with Gasteiger partial charge in [-0.05, 0) is 66.9 Å². The van der Waals surface area contributed by atoms with E-state index in [0.717, 1.165) is 35.4 Å². The number of furan rings is 1. The molecule has 0 radical (unpaired) electrons. The topological polar surface area (TPSA) is 38.1 Å². The summed E-state index contributed by atoms with van der Waals surface area (Å²) in [6.07, 6.45) is 5.76. The summed E-state index contributed by atoms with van der Waals surface area (Å²) in [6, 6.07) is 4.52. The molecular weight excluding hydrogens is 316 g/mol. The molecule has 0 aromatic carbocycles. The van der Waals surface area contributed by atoms with Crippen LogP contribution in [-0.4, -0.2) is 11.5 Å². The highest BCUT2D eigenvalue weighted by Gasteiger charge is 2.17. The van der Waals surface area contributed by atoms with Gasteiger partial charge in [-0.2, -0.15) is 0 Å². The van der Waals surface area contributed by atoms with Crippen molar-refractivity contribution in [3.05, 3.63) is 51.6 Å². The molecule has 108 valence electrons. The number of nitrogens with one attached hydrogen (secondary N) is 1. The van der Waals surface area contributed by atoms with Crippen LogP contribution < -0.4 is 5.32 Å². The molecule has 0 aliphatic heterocycles. The highest BCUT2D eigenvalue weighted by molar-refractivity contribution is 9.10. The zero-order valence-corrected chi connectivity index (χ0v) is 13.8. The van der Waals surface area contributed by atoms with Crippen molar-refractivity contribution in [2.24, 2.45) is 0 Å². The van der Waals surface area contributed by atoms with Crippen molar-refractivity contribution in [1.29, 1.82) is 0 Å². The second-order valence-electron chi connectivity index (χ2n) is 5.09. The Bertz CT molecular complexity index is 565. The Labute approximate surface area is 128 Å². The molecule has 1 N–H and O–H groups in total. The number of halogens is 1. The first-order chi connectivity index (χ1) is 9.60. The second-order valence-corrected chi connectivity index (χ2v) is 6.01. The molecule has 0 saturated heterocycles. The van der Waals surface area contributed by atoms with Gasteiger partial charge in [0.2, 0.25) is 0 Å². The molecular formula is C16H21BrN2O. The van der Waals surface area contributed by atoms with Gasteiger partial charge in [0, 0.05) is 28.5 Å². The predicted molar refractivity (Wildman–Crippen MR) is 84.9 cm³/mol. The third kappa shape index (κ3) is 3.93. The first kappa shape index (κ1) is 15.3. The molecule has 2 aromatic rings. The molecule has 2 rings (SSSR count). The molecule has 0 amide bonds. The lowest BCUT2D eigenvalue weighted by Crippen LogP contribution is -2.24. The molecule has 0 aliphatic carbocycles. The van der Waals surface area contributed by atoms with Crippen LogP contribution in [0.5, 0.6) is 0 Å². The van der Waals surface area contributed by atoms with Crippen LogP contribution in [-0.2, 0) is 6.42 Å². The van der Waals surface area contributed by atoms with Crippen LogP contribution in [0.15, 0.2) is 33.4 Å². The van der Waals surface area contributed by atoms with Crippen LogP contribution in [0.3, 0.4) is 0 Å². The maximum absolute atomic E-state index is 5.67. The molecule has 1 unspecified atom stereocenters. The molecule has 20 heavy (non-hydrogen) atoms. The van der Waals surface area contributed by atoms with Crippen molar-refractivity contribution in [2.45, 2.75) is 39.7 Å². The molecule has 0 aliphatic rings. The standard InChI is InChI=1S/C16H21BrN2O/c1-4-5-19-16(15-6-11(2)20-12(15)3)8-13-7-14(17)10-18-9-13/h6-7,9-10,16,19H,4-5,8H2,1-3H3. The molecule has 0 spiro atoms. The Morgan fingerprint density at radius 2 is 2.10 bits per heavy atom. The van der Waals surface area contributed by atoms with Gasteiger partial charge in [-0.3, -0.25) is 4.98 Å². The van der Waals surface area contributed by atoms with Crippen molar-refractivity contribution in [3.8, 4) is 0 Å². The van der Waals surface area contributed by atoms with E-state index in [1.54, 1.807) is 0 Å². The van der Waals surface area contributed by atoms with Crippen LogP contribution >= 0.6 is 15.9 Å². The fourth-order valence-corrected chi connectivity index (χ4v) is 2.82. The van der Waals surface area contributed by atoms with E-state index in [1.165, 1.54) is 11.1 Å². The third-order valence-electron chi connectivity index (χ3n) is 3.30. The van der Waals surface area contributed by atoms with E-state index in [9.17, 15) is 0 Å². The Balaban J connectivity index is 2.21. The molecule has 2 heterocycles. The van der Waals surface area contributed by atoms with E-state index in [0.29, 0.717) is 0 Å². The van der Waals surface area contributed by atoms with Crippen LogP contribution in [0.4, 0.5) is 0 Å².